The molecule has 1 aliphatic rings. The molecule has 1 aromatic carbocycles. The molecule has 0 spiro atoms. The Balaban J connectivity index is 2.06. The van der Waals surface area contributed by atoms with Crippen LogP contribution < -0.4 is 0 Å². The molecule has 23 heavy (non-hydrogen) atoms. The lowest BCUT2D eigenvalue weighted by atomic mass is 10.1. The van der Waals surface area contributed by atoms with Gasteiger partial charge < -0.3 is 0 Å². The zero-order valence-corrected chi connectivity index (χ0v) is 14.0. The number of Topliss-reactive ketones (excluding diaryl/α,β-unsaturated/α-hetero) is 2. The molecule has 1 aliphatic carbocycles. The summed E-state index contributed by atoms with van der Waals surface area (Å²) < 4.78 is 1.71. The Morgan fingerprint density at radius 1 is 1.17 bits per heavy atom. The van der Waals surface area contributed by atoms with Crippen LogP contribution in [0.1, 0.15) is 45.8 Å². The molecule has 0 atom stereocenters. The number of carbonyl (C=O) groups excluding carboxylic acids is 2. The molecule has 1 aromatic heterocycles. The zero-order chi connectivity index (χ0) is 16.7. The van der Waals surface area contributed by atoms with Crippen molar-refractivity contribution < 1.29 is 9.59 Å². The third kappa shape index (κ3) is 2.63. The fourth-order valence-electron chi connectivity index (χ4n) is 2.75. The van der Waals surface area contributed by atoms with Crippen molar-refractivity contribution in [2.45, 2.75) is 27.3 Å². The molecule has 3 rings (SSSR count). The summed E-state index contributed by atoms with van der Waals surface area (Å²) in [5.74, 6) is -0.110. The summed E-state index contributed by atoms with van der Waals surface area (Å²) in [6, 6.07) is 6.86. The van der Waals surface area contributed by atoms with Crippen LogP contribution in [0, 0.1) is 12.8 Å². The Morgan fingerprint density at radius 2 is 1.74 bits per heavy atom. The van der Waals surface area contributed by atoms with Gasteiger partial charge in [0.2, 0.25) is 0 Å². The molecule has 4 nitrogen and oxygen atoms in total. The van der Waals surface area contributed by atoms with Crippen molar-refractivity contribution in [1.29, 1.82) is 0 Å². The van der Waals surface area contributed by atoms with Gasteiger partial charge in [-0.15, -0.1) is 0 Å². The third-order valence-corrected chi connectivity index (χ3v) is 4.24. The second-order valence-corrected chi connectivity index (χ2v) is 6.49. The van der Waals surface area contributed by atoms with Crippen molar-refractivity contribution >= 4 is 29.2 Å². The van der Waals surface area contributed by atoms with Gasteiger partial charge in [-0.05, 0) is 18.9 Å². The fraction of sp³-hybridized carbons (Fsp3) is 0.278. The Hall–Kier alpha value is -2.20. The lowest BCUT2D eigenvalue weighted by molar-refractivity contribution is 0.0990. The smallest absolute Gasteiger partial charge is 0.197 e. The van der Waals surface area contributed by atoms with E-state index in [1.165, 1.54) is 0 Å². The van der Waals surface area contributed by atoms with Crippen molar-refractivity contribution in [1.82, 2.24) is 9.78 Å². The molecule has 5 heteroatoms. The quantitative estimate of drug-likeness (QED) is 0.633. The molecule has 0 aliphatic heterocycles. The Bertz CT molecular complexity index is 810. The number of allylic oxidation sites excluding steroid dienone is 1. The molecule has 2 aromatic rings. The van der Waals surface area contributed by atoms with Gasteiger partial charge in [-0.2, -0.15) is 5.10 Å². The van der Waals surface area contributed by atoms with Crippen LogP contribution in [0.15, 0.2) is 29.8 Å². The number of ketones is 2. The fourth-order valence-corrected chi connectivity index (χ4v) is 3.04. The van der Waals surface area contributed by atoms with Crippen molar-refractivity contribution in [2.24, 2.45) is 5.92 Å². The Kier molecular flexibility index (Phi) is 3.94. The molecule has 0 N–H and O–H groups in total. The minimum absolute atomic E-state index is 0.153. The number of hydrogen-bond acceptors (Lipinski definition) is 3. The van der Waals surface area contributed by atoms with Gasteiger partial charge in [-0.1, -0.05) is 49.7 Å². The third-order valence-electron chi connectivity index (χ3n) is 3.84. The van der Waals surface area contributed by atoms with Crippen molar-refractivity contribution in [2.75, 3.05) is 0 Å². The summed E-state index contributed by atoms with van der Waals surface area (Å²) in [6.07, 6.45) is 1.58. The first kappa shape index (κ1) is 15.7. The number of fused-ring (bicyclic) bond motifs is 1. The topological polar surface area (TPSA) is 52.0 Å². The number of hydrogen-bond donors (Lipinski definition) is 0. The zero-order valence-electron chi connectivity index (χ0n) is 13.3. The van der Waals surface area contributed by atoms with Crippen LogP contribution in [0.25, 0.3) is 6.08 Å². The van der Waals surface area contributed by atoms with Crippen molar-refractivity contribution in [3.63, 3.8) is 0 Å². The minimum atomic E-state index is -0.252. The molecule has 0 amide bonds. The average Bonchev–Trinajstić information content (AvgIpc) is 2.90. The van der Waals surface area contributed by atoms with Gasteiger partial charge in [0.25, 0.3) is 0 Å². The summed E-state index contributed by atoms with van der Waals surface area (Å²) in [5, 5.41) is 4.87. The molecule has 0 fully saturated rings. The van der Waals surface area contributed by atoms with Crippen LogP contribution in [0.4, 0.5) is 0 Å². The first-order chi connectivity index (χ1) is 10.9. The van der Waals surface area contributed by atoms with Gasteiger partial charge >= 0.3 is 0 Å². The lowest BCUT2D eigenvalue weighted by Gasteiger charge is -2.05. The summed E-state index contributed by atoms with van der Waals surface area (Å²) in [6.45, 7) is 6.66. The van der Waals surface area contributed by atoms with E-state index >= 15 is 0 Å². The predicted octanol–water partition coefficient (Wildman–Crippen LogP) is 3.96. The van der Waals surface area contributed by atoms with E-state index < -0.39 is 0 Å². The highest BCUT2D eigenvalue weighted by atomic mass is 35.5. The monoisotopic (exact) mass is 328 g/mol. The minimum Gasteiger partial charge on any atom is -0.288 e. The van der Waals surface area contributed by atoms with Crippen LogP contribution >= 0.6 is 11.6 Å². The molecule has 118 valence electrons. The number of aryl methyl sites for hydroxylation is 1. The van der Waals surface area contributed by atoms with E-state index in [2.05, 4.69) is 18.9 Å². The molecule has 0 bridgehead atoms. The standard InChI is InChI=1S/C18H17ClN2O2/c1-10(2)9-21-18(19)14(11(3)20-21)8-15-16(22)12-6-4-5-7-13(12)17(15)23/h4-8,10H,9H2,1-3H3. The highest BCUT2D eigenvalue weighted by Crippen LogP contribution is 2.30. The highest BCUT2D eigenvalue weighted by molar-refractivity contribution is 6.41. The van der Waals surface area contributed by atoms with Crippen molar-refractivity contribution in [3.05, 3.63) is 57.4 Å². The molecule has 1 heterocycles. The van der Waals surface area contributed by atoms with Gasteiger partial charge in [0.15, 0.2) is 11.6 Å². The Morgan fingerprint density at radius 3 is 2.26 bits per heavy atom. The number of halogens is 1. The summed E-state index contributed by atoms with van der Waals surface area (Å²) >= 11 is 6.39. The van der Waals surface area contributed by atoms with Gasteiger partial charge in [0.1, 0.15) is 5.15 Å². The van der Waals surface area contributed by atoms with E-state index in [1.54, 1.807) is 35.0 Å². The SMILES string of the molecule is Cc1nn(CC(C)C)c(Cl)c1C=C1C(=O)c2ccccc2C1=O. The second-order valence-electron chi connectivity index (χ2n) is 6.13. The first-order valence-corrected chi connectivity index (χ1v) is 7.91. The van der Waals surface area contributed by atoms with Gasteiger partial charge in [0, 0.05) is 23.2 Å². The largest absolute Gasteiger partial charge is 0.288 e. The van der Waals surface area contributed by atoms with Crippen LogP contribution in [-0.2, 0) is 6.54 Å². The highest BCUT2D eigenvalue weighted by Gasteiger charge is 2.33. The second kappa shape index (κ2) is 5.78. The molecular formula is C18H17ClN2O2. The van der Waals surface area contributed by atoms with E-state index in [0.717, 1.165) is 0 Å². The maximum Gasteiger partial charge on any atom is 0.197 e. The van der Waals surface area contributed by atoms with Crippen LogP contribution in [0.3, 0.4) is 0 Å². The number of aromatic nitrogens is 2. The molecular weight excluding hydrogens is 312 g/mol. The summed E-state index contributed by atoms with van der Waals surface area (Å²) in [5.41, 5.74) is 2.40. The number of rotatable bonds is 3. The Labute approximate surface area is 139 Å². The molecule has 0 saturated carbocycles. The number of benzene rings is 1. The van der Waals surface area contributed by atoms with Gasteiger partial charge in [-0.3, -0.25) is 14.3 Å². The normalized spacial score (nSPS) is 13.9. The average molecular weight is 329 g/mol. The lowest BCUT2D eigenvalue weighted by Crippen LogP contribution is -2.06. The van der Waals surface area contributed by atoms with Crippen LogP contribution in [-0.4, -0.2) is 21.3 Å². The van der Waals surface area contributed by atoms with Crippen LogP contribution in [0.5, 0.6) is 0 Å². The van der Waals surface area contributed by atoms with E-state index in [1.807, 2.05) is 6.92 Å². The van der Waals surface area contributed by atoms with E-state index in [4.69, 9.17) is 11.6 Å². The van der Waals surface area contributed by atoms with Crippen LogP contribution in [0.2, 0.25) is 5.15 Å². The maximum absolute atomic E-state index is 12.5. The van der Waals surface area contributed by atoms with E-state index in [-0.39, 0.29) is 17.1 Å². The molecule has 0 radical (unpaired) electrons. The molecule has 0 unspecified atom stereocenters. The molecule has 0 saturated heterocycles. The van der Waals surface area contributed by atoms with E-state index in [9.17, 15) is 9.59 Å². The number of carbonyl (C=O) groups is 2. The van der Waals surface area contributed by atoms with Gasteiger partial charge in [0.05, 0.1) is 11.3 Å². The van der Waals surface area contributed by atoms with E-state index in [0.29, 0.717) is 40.0 Å². The summed E-state index contributed by atoms with van der Waals surface area (Å²) in [4.78, 5) is 24.9. The first-order valence-electron chi connectivity index (χ1n) is 7.53. The van der Waals surface area contributed by atoms with Crippen molar-refractivity contribution in [3.8, 4) is 0 Å². The maximum atomic E-state index is 12.5. The predicted molar refractivity (Wildman–Crippen MR) is 89.9 cm³/mol. The van der Waals surface area contributed by atoms with Gasteiger partial charge in [-0.25, -0.2) is 0 Å². The summed E-state index contributed by atoms with van der Waals surface area (Å²) in [7, 11) is 0. The number of nitrogens with zero attached hydrogens (tertiary/aromatic N) is 2.